The van der Waals surface area contributed by atoms with Gasteiger partial charge in [-0.05, 0) is 31.4 Å². The minimum absolute atomic E-state index is 0.115. The molecule has 1 aromatic rings. The molecule has 88 valence electrons. The fraction of sp³-hybridized carbons (Fsp3) is 0.500. The number of anilines is 1. The van der Waals surface area contributed by atoms with Gasteiger partial charge in [-0.15, -0.1) is 0 Å². The molecule has 0 amide bonds. The van der Waals surface area contributed by atoms with Gasteiger partial charge in [-0.1, -0.05) is 29.3 Å². The smallest absolute Gasteiger partial charge is 0.129 e. The van der Waals surface area contributed by atoms with Gasteiger partial charge < -0.3 is 9.64 Å². The molecule has 1 saturated heterocycles. The molecule has 0 N–H and O–H groups in total. The van der Waals surface area contributed by atoms with E-state index in [1.165, 1.54) is 12.8 Å². The van der Waals surface area contributed by atoms with Crippen LogP contribution in [-0.2, 0) is 4.74 Å². The van der Waals surface area contributed by atoms with Gasteiger partial charge in [-0.2, -0.15) is 0 Å². The predicted molar refractivity (Wildman–Crippen MR) is 68.5 cm³/mol. The standard InChI is InChI=1S/C12H15Cl2NO/c1-16-11-7-2-3-8-15(11)10-6-4-5-9(13)12(10)14/h4-6,11H,2-3,7-8H2,1H3. The van der Waals surface area contributed by atoms with E-state index < -0.39 is 0 Å². The first kappa shape index (κ1) is 12.0. The van der Waals surface area contributed by atoms with Gasteiger partial charge in [-0.3, -0.25) is 0 Å². The van der Waals surface area contributed by atoms with Crippen LogP contribution in [0.4, 0.5) is 5.69 Å². The van der Waals surface area contributed by atoms with E-state index in [0.717, 1.165) is 18.7 Å². The van der Waals surface area contributed by atoms with E-state index in [9.17, 15) is 0 Å². The van der Waals surface area contributed by atoms with E-state index in [4.69, 9.17) is 27.9 Å². The Kier molecular flexibility index (Phi) is 3.95. The summed E-state index contributed by atoms with van der Waals surface area (Å²) in [6.45, 7) is 0.971. The second kappa shape index (κ2) is 5.26. The highest BCUT2D eigenvalue weighted by Crippen LogP contribution is 2.35. The van der Waals surface area contributed by atoms with E-state index in [1.807, 2.05) is 12.1 Å². The quantitative estimate of drug-likeness (QED) is 0.798. The normalized spacial score (nSPS) is 21.2. The number of ether oxygens (including phenoxy) is 1. The molecule has 1 aliphatic heterocycles. The lowest BCUT2D eigenvalue weighted by atomic mass is 10.1. The lowest BCUT2D eigenvalue weighted by molar-refractivity contribution is 0.0785. The largest absolute Gasteiger partial charge is 0.362 e. The predicted octanol–water partition coefficient (Wildman–Crippen LogP) is 3.96. The summed E-state index contributed by atoms with van der Waals surface area (Å²) in [6, 6.07) is 5.72. The summed E-state index contributed by atoms with van der Waals surface area (Å²) in [4.78, 5) is 2.19. The monoisotopic (exact) mass is 259 g/mol. The number of benzene rings is 1. The zero-order valence-electron chi connectivity index (χ0n) is 9.25. The van der Waals surface area contributed by atoms with Gasteiger partial charge in [0.05, 0.1) is 15.7 Å². The molecule has 0 spiro atoms. The van der Waals surface area contributed by atoms with Crippen LogP contribution in [0.3, 0.4) is 0 Å². The highest BCUT2D eigenvalue weighted by atomic mass is 35.5. The Balaban J connectivity index is 2.30. The Morgan fingerprint density at radius 2 is 2.12 bits per heavy atom. The summed E-state index contributed by atoms with van der Waals surface area (Å²) in [6.07, 6.45) is 3.53. The molecular formula is C12H15Cl2NO. The average Bonchev–Trinajstić information content (AvgIpc) is 2.33. The Morgan fingerprint density at radius 3 is 2.88 bits per heavy atom. The van der Waals surface area contributed by atoms with Crippen LogP contribution in [0.25, 0.3) is 0 Å². The topological polar surface area (TPSA) is 12.5 Å². The zero-order chi connectivity index (χ0) is 11.5. The van der Waals surface area contributed by atoms with Crippen LogP contribution in [0.1, 0.15) is 19.3 Å². The van der Waals surface area contributed by atoms with E-state index in [0.29, 0.717) is 10.0 Å². The van der Waals surface area contributed by atoms with Crippen molar-refractivity contribution in [3.63, 3.8) is 0 Å². The van der Waals surface area contributed by atoms with Crippen molar-refractivity contribution in [3.05, 3.63) is 28.2 Å². The summed E-state index contributed by atoms with van der Waals surface area (Å²) in [5.41, 5.74) is 0.973. The van der Waals surface area contributed by atoms with Crippen molar-refractivity contribution in [3.8, 4) is 0 Å². The van der Waals surface area contributed by atoms with Crippen molar-refractivity contribution in [1.29, 1.82) is 0 Å². The summed E-state index contributed by atoms with van der Waals surface area (Å²) in [7, 11) is 1.74. The molecule has 0 radical (unpaired) electrons. The Morgan fingerprint density at radius 1 is 1.31 bits per heavy atom. The Hall–Kier alpha value is -0.440. The Labute approximate surface area is 106 Å². The molecule has 1 aliphatic rings. The molecule has 1 unspecified atom stereocenters. The minimum atomic E-state index is 0.115. The van der Waals surface area contributed by atoms with Crippen LogP contribution in [0.2, 0.25) is 10.0 Å². The van der Waals surface area contributed by atoms with Gasteiger partial charge in [-0.25, -0.2) is 0 Å². The Bertz CT molecular complexity index is 370. The third kappa shape index (κ3) is 2.29. The first-order valence-corrected chi connectivity index (χ1v) is 6.23. The lowest BCUT2D eigenvalue weighted by Crippen LogP contribution is -2.40. The number of piperidine rings is 1. The molecule has 0 aromatic heterocycles. The third-order valence-corrected chi connectivity index (χ3v) is 3.77. The van der Waals surface area contributed by atoms with E-state index in [-0.39, 0.29) is 6.23 Å². The highest BCUT2D eigenvalue weighted by molar-refractivity contribution is 6.43. The van der Waals surface area contributed by atoms with Crippen molar-refractivity contribution in [2.24, 2.45) is 0 Å². The summed E-state index contributed by atoms with van der Waals surface area (Å²) in [5, 5.41) is 1.22. The minimum Gasteiger partial charge on any atom is -0.362 e. The molecule has 0 saturated carbocycles. The van der Waals surface area contributed by atoms with E-state index in [1.54, 1.807) is 13.2 Å². The van der Waals surface area contributed by atoms with E-state index >= 15 is 0 Å². The highest BCUT2D eigenvalue weighted by Gasteiger charge is 2.24. The van der Waals surface area contributed by atoms with Crippen LogP contribution >= 0.6 is 23.2 Å². The van der Waals surface area contributed by atoms with Crippen LogP contribution in [-0.4, -0.2) is 19.9 Å². The molecule has 1 atom stereocenters. The SMILES string of the molecule is COC1CCCCN1c1cccc(Cl)c1Cl. The molecule has 2 nitrogen and oxygen atoms in total. The molecule has 1 fully saturated rings. The first-order valence-electron chi connectivity index (χ1n) is 5.47. The maximum absolute atomic E-state index is 6.22. The van der Waals surface area contributed by atoms with Crippen molar-refractivity contribution >= 4 is 28.9 Å². The van der Waals surface area contributed by atoms with Crippen molar-refractivity contribution < 1.29 is 4.74 Å². The molecule has 0 aliphatic carbocycles. The maximum Gasteiger partial charge on any atom is 0.129 e. The van der Waals surface area contributed by atoms with Crippen LogP contribution in [0.5, 0.6) is 0 Å². The first-order chi connectivity index (χ1) is 7.74. The molecular weight excluding hydrogens is 245 g/mol. The second-order valence-electron chi connectivity index (χ2n) is 3.95. The lowest BCUT2D eigenvalue weighted by Gasteiger charge is -2.36. The van der Waals surface area contributed by atoms with Crippen molar-refractivity contribution in [2.45, 2.75) is 25.5 Å². The van der Waals surface area contributed by atoms with Gasteiger partial charge >= 0.3 is 0 Å². The van der Waals surface area contributed by atoms with Gasteiger partial charge in [0.1, 0.15) is 6.23 Å². The number of hydrogen-bond acceptors (Lipinski definition) is 2. The van der Waals surface area contributed by atoms with Gasteiger partial charge in [0.25, 0.3) is 0 Å². The van der Waals surface area contributed by atoms with Crippen LogP contribution < -0.4 is 4.90 Å². The summed E-state index contributed by atoms with van der Waals surface area (Å²) in [5.74, 6) is 0. The van der Waals surface area contributed by atoms with Crippen molar-refractivity contribution in [2.75, 3.05) is 18.6 Å². The third-order valence-electron chi connectivity index (χ3n) is 2.96. The van der Waals surface area contributed by atoms with Gasteiger partial charge in [0.2, 0.25) is 0 Å². The van der Waals surface area contributed by atoms with Gasteiger partial charge in [0.15, 0.2) is 0 Å². The number of hydrogen-bond donors (Lipinski definition) is 0. The number of halogens is 2. The number of rotatable bonds is 2. The molecule has 0 bridgehead atoms. The summed E-state index contributed by atoms with van der Waals surface area (Å²) >= 11 is 12.2. The molecule has 1 heterocycles. The maximum atomic E-state index is 6.22. The van der Waals surface area contributed by atoms with Crippen LogP contribution in [0, 0.1) is 0 Å². The van der Waals surface area contributed by atoms with Crippen molar-refractivity contribution in [1.82, 2.24) is 0 Å². The molecule has 2 rings (SSSR count). The number of nitrogens with zero attached hydrogens (tertiary/aromatic N) is 1. The molecule has 1 aromatic carbocycles. The number of methoxy groups -OCH3 is 1. The van der Waals surface area contributed by atoms with E-state index in [2.05, 4.69) is 4.90 Å². The van der Waals surface area contributed by atoms with Gasteiger partial charge in [0, 0.05) is 13.7 Å². The average molecular weight is 260 g/mol. The molecule has 16 heavy (non-hydrogen) atoms. The second-order valence-corrected chi connectivity index (χ2v) is 4.74. The molecule has 4 heteroatoms. The fourth-order valence-corrected chi connectivity index (χ4v) is 2.54. The zero-order valence-corrected chi connectivity index (χ0v) is 10.8. The van der Waals surface area contributed by atoms with Crippen LogP contribution in [0.15, 0.2) is 18.2 Å². The fourth-order valence-electron chi connectivity index (χ4n) is 2.14. The summed E-state index contributed by atoms with van der Waals surface area (Å²) < 4.78 is 5.48.